The molecule has 37 heavy (non-hydrogen) atoms. The van der Waals surface area contributed by atoms with Crippen LogP contribution in [0.2, 0.25) is 0 Å². The summed E-state index contributed by atoms with van der Waals surface area (Å²) in [5.41, 5.74) is 1.99. The van der Waals surface area contributed by atoms with E-state index in [9.17, 15) is 19.8 Å². The number of rotatable bonds is 12. The molecule has 188 valence electrons. The molecule has 4 aromatic rings. The normalized spacial score (nSPS) is 10.6. The minimum absolute atomic E-state index is 0.0515. The number of ketones is 2. The van der Waals surface area contributed by atoms with E-state index in [2.05, 4.69) is 0 Å². The summed E-state index contributed by atoms with van der Waals surface area (Å²) in [6.07, 6.45) is 1.70. The van der Waals surface area contributed by atoms with Gasteiger partial charge in [0.1, 0.15) is 46.1 Å². The SMILES string of the molecule is O=C(CCc1ccc(Oc2ccc(O)cc2)cc1)CC(=O)CCc1ccc(Oc2ccc(O)cc2)cc1. The quantitative estimate of drug-likeness (QED) is 0.210. The number of carbonyl (C=O) groups is 2. The van der Waals surface area contributed by atoms with Gasteiger partial charge in [-0.15, -0.1) is 0 Å². The van der Waals surface area contributed by atoms with Crippen molar-refractivity contribution in [3.8, 4) is 34.5 Å². The molecule has 0 bridgehead atoms. The van der Waals surface area contributed by atoms with Gasteiger partial charge in [-0.25, -0.2) is 0 Å². The highest BCUT2D eigenvalue weighted by Gasteiger charge is 2.11. The van der Waals surface area contributed by atoms with E-state index in [1.54, 1.807) is 48.5 Å². The fourth-order valence-corrected chi connectivity index (χ4v) is 3.71. The van der Waals surface area contributed by atoms with Crippen LogP contribution in [0.1, 0.15) is 30.4 Å². The van der Waals surface area contributed by atoms with E-state index in [4.69, 9.17) is 9.47 Å². The first-order valence-corrected chi connectivity index (χ1v) is 12.1. The van der Waals surface area contributed by atoms with E-state index in [0.717, 1.165) is 11.1 Å². The van der Waals surface area contributed by atoms with Gasteiger partial charge in [0.2, 0.25) is 0 Å². The molecule has 0 heterocycles. The molecule has 4 aromatic carbocycles. The summed E-state index contributed by atoms with van der Waals surface area (Å²) in [6.45, 7) is 0. The molecule has 4 rings (SSSR count). The minimum Gasteiger partial charge on any atom is -0.508 e. The van der Waals surface area contributed by atoms with Crippen LogP contribution in [-0.2, 0) is 22.4 Å². The number of phenolic OH excluding ortho intramolecular Hbond substituents is 2. The van der Waals surface area contributed by atoms with Crippen LogP contribution in [0.3, 0.4) is 0 Å². The molecule has 0 aromatic heterocycles. The molecule has 0 saturated carbocycles. The van der Waals surface area contributed by atoms with E-state index in [1.165, 1.54) is 0 Å². The van der Waals surface area contributed by atoms with Gasteiger partial charge in [0.15, 0.2) is 0 Å². The Morgan fingerprint density at radius 3 is 1.11 bits per heavy atom. The highest BCUT2D eigenvalue weighted by molar-refractivity contribution is 5.99. The van der Waals surface area contributed by atoms with Crippen molar-refractivity contribution < 1.29 is 29.3 Å². The van der Waals surface area contributed by atoms with Gasteiger partial charge in [-0.05, 0) is 96.8 Å². The average molecular weight is 497 g/mol. The molecule has 0 unspecified atom stereocenters. The van der Waals surface area contributed by atoms with Gasteiger partial charge in [0.25, 0.3) is 0 Å². The molecule has 0 aliphatic rings. The van der Waals surface area contributed by atoms with Crippen LogP contribution >= 0.6 is 0 Å². The van der Waals surface area contributed by atoms with E-state index in [1.807, 2.05) is 48.5 Å². The van der Waals surface area contributed by atoms with E-state index < -0.39 is 0 Å². The van der Waals surface area contributed by atoms with Crippen molar-refractivity contribution in [2.45, 2.75) is 32.1 Å². The molecule has 6 nitrogen and oxygen atoms in total. The lowest BCUT2D eigenvalue weighted by Crippen LogP contribution is -2.09. The van der Waals surface area contributed by atoms with E-state index in [0.29, 0.717) is 48.7 Å². The second kappa shape index (κ2) is 12.4. The van der Waals surface area contributed by atoms with E-state index >= 15 is 0 Å². The van der Waals surface area contributed by atoms with Crippen LogP contribution < -0.4 is 9.47 Å². The Balaban J connectivity index is 1.16. The Kier molecular flexibility index (Phi) is 8.55. The number of hydrogen-bond donors (Lipinski definition) is 2. The zero-order chi connectivity index (χ0) is 26.0. The van der Waals surface area contributed by atoms with Crippen molar-refractivity contribution in [1.29, 1.82) is 0 Å². The summed E-state index contributed by atoms with van der Waals surface area (Å²) in [5, 5.41) is 18.7. The molecule has 0 aliphatic heterocycles. The molecule has 0 atom stereocenters. The van der Waals surface area contributed by atoms with Crippen LogP contribution in [-0.4, -0.2) is 21.8 Å². The molecule has 2 N–H and O–H groups in total. The lowest BCUT2D eigenvalue weighted by Gasteiger charge is -2.07. The number of phenols is 2. The first-order valence-electron chi connectivity index (χ1n) is 12.1. The van der Waals surface area contributed by atoms with Gasteiger partial charge in [0, 0.05) is 12.8 Å². The standard InChI is InChI=1S/C31H28O6/c32-24-9-17-30(18-10-24)36-28-13-3-22(4-14-28)1-7-26(34)21-27(35)8-2-23-5-15-29(16-6-23)37-31-19-11-25(33)12-20-31/h3-6,9-20,32-33H,1-2,7-8,21H2. The third-order valence-corrected chi connectivity index (χ3v) is 5.77. The van der Waals surface area contributed by atoms with Gasteiger partial charge in [-0.2, -0.15) is 0 Å². The zero-order valence-corrected chi connectivity index (χ0v) is 20.3. The second-order valence-electron chi connectivity index (χ2n) is 8.73. The third kappa shape index (κ3) is 8.25. The fraction of sp³-hybridized carbons (Fsp3) is 0.161. The zero-order valence-electron chi connectivity index (χ0n) is 20.3. The fourth-order valence-electron chi connectivity index (χ4n) is 3.71. The second-order valence-corrected chi connectivity index (χ2v) is 8.73. The van der Waals surface area contributed by atoms with Crippen LogP contribution in [0.25, 0.3) is 0 Å². The lowest BCUT2D eigenvalue weighted by atomic mass is 10.0. The summed E-state index contributed by atoms with van der Waals surface area (Å²) >= 11 is 0. The molecule has 0 aliphatic carbocycles. The van der Waals surface area contributed by atoms with Gasteiger partial charge in [0.05, 0.1) is 6.42 Å². The molecule has 6 heteroatoms. The number of carbonyl (C=O) groups excluding carboxylic acids is 2. The molecular formula is C31H28O6. The number of hydrogen-bond acceptors (Lipinski definition) is 6. The Hall–Kier alpha value is -4.58. The van der Waals surface area contributed by atoms with Crippen molar-refractivity contribution in [3.63, 3.8) is 0 Å². The van der Waals surface area contributed by atoms with Gasteiger partial charge < -0.3 is 19.7 Å². The number of aryl methyl sites for hydroxylation is 2. The summed E-state index contributed by atoms with van der Waals surface area (Å²) in [7, 11) is 0. The van der Waals surface area contributed by atoms with Crippen molar-refractivity contribution in [1.82, 2.24) is 0 Å². The topological polar surface area (TPSA) is 93.1 Å². The Bertz CT molecular complexity index is 1200. The maximum atomic E-state index is 12.3. The maximum Gasteiger partial charge on any atom is 0.140 e. The van der Waals surface area contributed by atoms with Crippen molar-refractivity contribution in [2.24, 2.45) is 0 Å². The van der Waals surface area contributed by atoms with Gasteiger partial charge in [-0.1, -0.05) is 24.3 Å². The smallest absolute Gasteiger partial charge is 0.140 e. The first-order chi connectivity index (χ1) is 17.9. The minimum atomic E-state index is -0.0629. The Morgan fingerprint density at radius 1 is 0.486 bits per heavy atom. The largest absolute Gasteiger partial charge is 0.508 e. The number of ether oxygens (including phenoxy) is 2. The lowest BCUT2D eigenvalue weighted by molar-refractivity contribution is -0.126. The van der Waals surface area contributed by atoms with Gasteiger partial charge >= 0.3 is 0 Å². The number of Topliss-reactive ketones (excluding diaryl/α,β-unsaturated/α-hetero) is 2. The third-order valence-electron chi connectivity index (χ3n) is 5.77. The molecule has 0 fully saturated rings. The van der Waals surface area contributed by atoms with Crippen molar-refractivity contribution in [3.05, 3.63) is 108 Å². The molecule has 0 amide bonds. The summed E-state index contributed by atoms with van der Waals surface area (Å²) in [5.74, 6) is 2.80. The molecule has 0 spiro atoms. The molecule has 0 radical (unpaired) electrons. The first kappa shape index (κ1) is 25.5. The highest BCUT2D eigenvalue weighted by atomic mass is 16.5. The monoisotopic (exact) mass is 496 g/mol. The van der Waals surface area contributed by atoms with Crippen LogP contribution in [0, 0.1) is 0 Å². The Morgan fingerprint density at radius 2 is 0.784 bits per heavy atom. The van der Waals surface area contributed by atoms with Crippen LogP contribution in [0.4, 0.5) is 0 Å². The predicted octanol–water partition coefficient (Wildman–Crippen LogP) is 6.78. The highest BCUT2D eigenvalue weighted by Crippen LogP contribution is 2.25. The molecule has 0 saturated heterocycles. The predicted molar refractivity (Wildman–Crippen MR) is 141 cm³/mol. The number of benzene rings is 4. The van der Waals surface area contributed by atoms with Crippen LogP contribution in [0.15, 0.2) is 97.1 Å². The summed E-state index contributed by atoms with van der Waals surface area (Å²) < 4.78 is 11.5. The summed E-state index contributed by atoms with van der Waals surface area (Å²) in [4.78, 5) is 24.6. The van der Waals surface area contributed by atoms with Crippen molar-refractivity contribution >= 4 is 11.6 Å². The van der Waals surface area contributed by atoms with Crippen molar-refractivity contribution in [2.75, 3.05) is 0 Å². The maximum absolute atomic E-state index is 12.3. The summed E-state index contributed by atoms with van der Waals surface area (Å²) in [6, 6.07) is 27.9. The van der Waals surface area contributed by atoms with E-state index in [-0.39, 0.29) is 29.5 Å². The molecular weight excluding hydrogens is 468 g/mol. The van der Waals surface area contributed by atoms with Crippen LogP contribution in [0.5, 0.6) is 34.5 Å². The average Bonchev–Trinajstić information content (AvgIpc) is 2.90. The number of aromatic hydroxyl groups is 2. The van der Waals surface area contributed by atoms with Gasteiger partial charge in [-0.3, -0.25) is 9.59 Å². The Labute approximate surface area is 215 Å².